The fourth-order valence-corrected chi connectivity index (χ4v) is 2.90. The number of rotatable bonds is 5. The van der Waals surface area contributed by atoms with Gasteiger partial charge < -0.3 is 10.2 Å². The summed E-state index contributed by atoms with van der Waals surface area (Å²) in [6, 6.07) is 7.17. The van der Waals surface area contributed by atoms with E-state index in [9.17, 15) is 10.2 Å². The van der Waals surface area contributed by atoms with Crippen LogP contribution in [0.1, 0.15) is 24.8 Å². The van der Waals surface area contributed by atoms with Crippen LogP contribution in [0, 0.1) is 5.41 Å². The van der Waals surface area contributed by atoms with Gasteiger partial charge in [0.15, 0.2) is 0 Å². The summed E-state index contributed by atoms with van der Waals surface area (Å²) >= 11 is 0. The molecule has 0 radical (unpaired) electrons. The van der Waals surface area contributed by atoms with Crippen LogP contribution in [0.25, 0.3) is 5.57 Å². The zero-order valence-electron chi connectivity index (χ0n) is 11.5. The van der Waals surface area contributed by atoms with Crippen LogP contribution in [0.15, 0.2) is 67.5 Å². The third-order valence-electron chi connectivity index (χ3n) is 3.78. The third kappa shape index (κ3) is 2.69. The molecule has 1 aromatic carbocycles. The minimum Gasteiger partial charge on any atom is -0.512 e. The van der Waals surface area contributed by atoms with E-state index < -0.39 is 0 Å². The van der Waals surface area contributed by atoms with Crippen molar-refractivity contribution in [1.82, 2.24) is 0 Å². The molecule has 0 bridgehead atoms. The van der Waals surface area contributed by atoms with Crippen molar-refractivity contribution in [3.05, 3.63) is 73.1 Å². The summed E-state index contributed by atoms with van der Waals surface area (Å²) in [6.45, 7) is 7.69. The molecule has 2 rings (SSSR count). The van der Waals surface area contributed by atoms with E-state index >= 15 is 0 Å². The lowest BCUT2D eigenvalue weighted by Crippen LogP contribution is -2.24. The maximum absolute atomic E-state index is 9.91. The van der Waals surface area contributed by atoms with Crippen molar-refractivity contribution in [3.63, 3.8) is 0 Å². The van der Waals surface area contributed by atoms with Crippen molar-refractivity contribution < 1.29 is 10.2 Å². The zero-order valence-corrected chi connectivity index (χ0v) is 11.5. The Kier molecular flexibility index (Phi) is 4.14. The molecule has 0 spiro atoms. The van der Waals surface area contributed by atoms with E-state index in [0.717, 1.165) is 24.0 Å². The average molecular weight is 268 g/mol. The number of benzene rings is 1. The highest BCUT2D eigenvalue weighted by atomic mass is 16.3. The number of aliphatic hydroxyl groups excluding tert-OH is 1. The molecule has 0 unspecified atom stereocenters. The predicted octanol–water partition coefficient (Wildman–Crippen LogP) is 4.76. The van der Waals surface area contributed by atoms with Crippen LogP contribution in [0.4, 0.5) is 0 Å². The summed E-state index contributed by atoms with van der Waals surface area (Å²) in [5.41, 5.74) is 1.99. The molecule has 1 aromatic rings. The van der Waals surface area contributed by atoms with Crippen LogP contribution in [0.3, 0.4) is 0 Å². The Morgan fingerprint density at radius 3 is 2.15 bits per heavy atom. The lowest BCUT2D eigenvalue weighted by Gasteiger charge is -2.37. The Bertz CT molecular complexity index is 552. The highest BCUT2D eigenvalue weighted by molar-refractivity contribution is 5.74. The first-order valence-corrected chi connectivity index (χ1v) is 6.73. The SMILES string of the molecule is C=CCC1(CC=C)CC(O)=CC=C1c1ccc(O)cc1. The first-order valence-electron chi connectivity index (χ1n) is 6.73. The maximum atomic E-state index is 9.91. The van der Waals surface area contributed by atoms with Crippen LogP contribution in [-0.2, 0) is 0 Å². The van der Waals surface area contributed by atoms with Gasteiger partial charge >= 0.3 is 0 Å². The molecule has 0 heterocycles. The number of allylic oxidation sites excluding steroid dienone is 6. The summed E-state index contributed by atoms with van der Waals surface area (Å²) < 4.78 is 0. The molecule has 2 heteroatoms. The number of aliphatic hydroxyl groups is 1. The third-order valence-corrected chi connectivity index (χ3v) is 3.78. The molecule has 2 N–H and O–H groups in total. The van der Waals surface area contributed by atoms with Gasteiger partial charge in [-0.2, -0.15) is 0 Å². The maximum Gasteiger partial charge on any atom is 0.115 e. The van der Waals surface area contributed by atoms with E-state index in [-0.39, 0.29) is 11.2 Å². The van der Waals surface area contributed by atoms with Crippen molar-refractivity contribution in [1.29, 1.82) is 0 Å². The van der Waals surface area contributed by atoms with Crippen LogP contribution < -0.4 is 0 Å². The van der Waals surface area contributed by atoms with Crippen LogP contribution >= 0.6 is 0 Å². The van der Waals surface area contributed by atoms with E-state index in [0.29, 0.717) is 12.2 Å². The summed E-state index contributed by atoms with van der Waals surface area (Å²) in [5, 5.41) is 19.3. The summed E-state index contributed by atoms with van der Waals surface area (Å²) in [5.74, 6) is 0.637. The zero-order chi connectivity index (χ0) is 14.6. The van der Waals surface area contributed by atoms with Gasteiger partial charge in [-0.15, -0.1) is 13.2 Å². The number of phenols is 1. The lowest BCUT2D eigenvalue weighted by atomic mass is 9.67. The van der Waals surface area contributed by atoms with Gasteiger partial charge in [-0.3, -0.25) is 0 Å². The van der Waals surface area contributed by atoms with Gasteiger partial charge in [0.05, 0.1) is 5.76 Å². The van der Waals surface area contributed by atoms with Gasteiger partial charge in [-0.05, 0) is 42.2 Å². The Hall–Kier alpha value is -2.22. The van der Waals surface area contributed by atoms with Crippen LogP contribution in [0.5, 0.6) is 5.75 Å². The molecule has 0 amide bonds. The van der Waals surface area contributed by atoms with Crippen molar-refractivity contribution >= 4 is 5.57 Å². The summed E-state index contributed by atoms with van der Waals surface area (Å²) in [6.07, 6.45) is 9.59. The fraction of sp³-hybridized carbons (Fsp3) is 0.222. The standard InChI is InChI=1S/C18H20O2/c1-3-11-18(12-4-2)13-16(20)9-10-17(18)14-5-7-15(19)8-6-14/h3-10,19-20H,1-2,11-13H2. The first-order chi connectivity index (χ1) is 9.61. The average Bonchev–Trinajstić information content (AvgIpc) is 2.41. The van der Waals surface area contributed by atoms with E-state index in [2.05, 4.69) is 13.2 Å². The van der Waals surface area contributed by atoms with E-state index in [1.54, 1.807) is 18.2 Å². The number of hydrogen-bond acceptors (Lipinski definition) is 2. The molecule has 0 atom stereocenters. The van der Waals surface area contributed by atoms with Gasteiger partial charge in [0, 0.05) is 11.8 Å². The fourth-order valence-electron chi connectivity index (χ4n) is 2.90. The monoisotopic (exact) mass is 268 g/mol. The number of aromatic hydroxyl groups is 1. The highest BCUT2D eigenvalue weighted by Crippen LogP contribution is 2.48. The first kappa shape index (κ1) is 14.2. The number of phenolic OH excluding ortho intramolecular Hbond substituents is 1. The van der Waals surface area contributed by atoms with Crippen LogP contribution in [0.2, 0.25) is 0 Å². The van der Waals surface area contributed by atoms with Gasteiger partial charge in [0.1, 0.15) is 5.75 Å². The number of hydrogen-bond donors (Lipinski definition) is 2. The second-order valence-corrected chi connectivity index (χ2v) is 5.23. The molecule has 1 aliphatic carbocycles. The molecule has 1 aliphatic rings. The molecule has 20 heavy (non-hydrogen) atoms. The van der Waals surface area contributed by atoms with Crippen molar-refractivity contribution in [2.45, 2.75) is 19.3 Å². The van der Waals surface area contributed by atoms with Gasteiger partial charge in [0.2, 0.25) is 0 Å². The van der Waals surface area contributed by atoms with Gasteiger partial charge in [0.25, 0.3) is 0 Å². The van der Waals surface area contributed by atoms with Crippen molar-refractivity contribution in [2.75, 3.05) is 0 Å². The summed E-state index contributed by atoms with van der Waals surface area (Å²) in [4.78, 5) is 0. The van der Waals surface area contributed by atoms with E-state index in [4.69, 9.17) is 0 Å². The second-order valence-electron chi connectivity index (χ2n) is 5.23. The molecule has 0 aliphatic heterocycles. The predicted molar refractivity (Wildman–Crippen MR) is 83.5 cm³/mol. The molecular formula is C18H20O2. The molecule has 0 aromatic heterocycles. The Labute approximate surface area is 120 Å². The van der Waals surface area contributed by atoms with E-state index in [1.807, 2.05) is 30.4 Å². The lowest BCUT2D eigenvalue weighted by molar-refractivity contribution is 0.301. The topological polar surface area (TPSA) is 40.5 Å². The largest absolute Gasteiger partial charge is 0.512 e. The normalized spacial score (nSPS) is 17.0. The molecule has 104 valence electrons. The van der Waals surface area contributed by atoms with Crippen molar-refractivity contribution in [3.8, 4) is 5.75 Å². The second kappa shape index (κ2) is 5.83. The molecule has 0 fully saturated rings. The van der Waals surface area contributed by atoms with Gasteiger partial charge in [-0.1, -0.05) is 30.4 Å². The Morgan fingerprint density at radius 1 is 1.00 bits per heavy atom. The van der Waals surface area contributed by atoms with Crippen LogP contribution in [-0.4, -0.2) is 10.2 Å². The Balaban J connectivity index is 2.51. The molecule has 0 saturated heterocycles. The molecular weight excluding hydrogens is 248 g/mol. The van der Waals surface area contributed by atoms with Crippen molar-refractivity contribution in [2.24, 2.45) is 5.41 Å². The minimum atomic E-state index is -0.209. The smallest absolute Gasteiger partial charge is 0.115 e. The molecule has 0 saturated carbocycles. The Morgan fingerprint density at radius 2 is 1.60 bits per heavy atom. The summed E-state index contributed by atoms with van der Waals surface area (Å²) in [7, 11) is 0. The molecule has 2 nitrogen and oxygen atoms in total. The van der Waals surface area contributed by atoms with E-state index in [1.165, 1.54) is 0 Å². The highest BCUT2D eigenvalue weighted by Gasteiger charge is 2.35. The minimum absolute atomic E-state index is 0.209. The van der Waals surface area contributed by atoms with Gasteiger partial charge in [-0.25, -0.2) is 0 Å². The quantitative estimate of drug-likeness (QED) is 0.756.